The minimum atomic E-state index is -0.0875. The number of carbonyl (C=O) groups is 1. The predicted octanol–water partition coefficient (Wildman–Crippen LogP) is 2.87. The van der Waals surface area contributed by atoms with Gasteiger partial charge in [0.15, 0.2) is 11.5 Å². The summed E-state index contributed by atoms with van der Waals surface area (Å²) in [4.78, 5) is 18.6. The Morgan fingerprint density at radius 3 is 2.56 bits per heavy atom. The van der Waals surface area contributed by atoms with Crippen LogP contribution in [-0.2, 0) is 0 Å². The van der Waals surface area contributed by atoms with E-state index in [1.165, 1.54) is 6.33 Å². The molecular weight excluding hydrogens is 344 g/mol. The Balaban J connectivity index is 1.51. The van der Waals surface area contributed by atoms with Gasteiger partial charge in [-0.3, -0.25) is 4.79 Å². The molecule has 138 valence electrons. The lowest BCUT2D eigenvalue weighted by Crippen LogP contribution is -2.29. The fraction of sp³-hybridized carbons (Fsp3) is 0.250. The number of fused-ring (bicyclic) bond motifs is 1. The predicted molar refractivity (Wildman–Crippen MR) is 99.3 cm³/mol. The molecule has 0 radical (unpaired) electrons. The van der Waals surface area contributed by atoms with Crippen molar-refractivity contribution in [3.63, 3.8) is 0 Å². The molecule has 0 unspecified atom stereocenters. The highest BCUT2D eigenvalue weighted by Gasteiger charge is 2.21. The molecule has 0 fully saturated rings. The van der Waals surface area contributed by atoms with Crippen molar-refractivity contribution in [2.75, 3.05) is 20.3 Å². The van der Waals surface area contributed by atoms with Gasteiger partial charge in [0.1, 0.15) is 25.9 Å². The molecule has 7 heteroatoms. The van der Waals surface area contributed by atoms with Gasteiger partial charge in [0.2, 0.25) is 0 Å². The number of hydrogen-bond acceptors (Lipinski definition) is 5. The second-order valence-electron chi connectivity index (χ2n) is 6.38. The Bertz CT molecular complexity index is 938. The van der Waals surface area contributed by atoms with E-state index in [9.17, 15) is 4.79 Å². The first-order valence-electron chi connectivity index (χ1n) is 8.75. The molecule has 1 atom stereocenters. The largest absolute Gasteiger partial charge is 0.486 e. The number of carbonyl (C=O) groups excluding carboxylic acids is 1. The highest BCUT2D eigenvalue weighted by Crippen LogP contribution is 2.32. The second kappa shape index (κ2) is 7.11. The number of benzene rings is 2. The van der Waals surface area contributed by atoms with Crippen LogP contribution in [0.5, 0.6) is 11.5 Å². The summed E-state index contributed by atoms with van der Waals surface area (Å²) in [6.45, 7) is 3.03. The zero-order valence-electron chi connectivity index (χ0n) is 15.2. The van der Waals surface area contributed by atoms with E-state index in [0.717, 1.165) is 11.3 Å². The maximum absolute atomic E-state index is 12.9. The maximum Gasteiger partial charge on any atom is 0.254 e. The number of nitrogens with zero attached hydrogens (tertiary/aromatic N) is 4. The SMILES string of the molecule is C[C@H](c1ccc(-n2cncn2)cc1)N(C)C(=O)c1ccc2c(c1)OCCO2. The van der Waals surface area contributed by atoms with Gasteiger partial charge in [-0.2, -0.15) is 5.10 Å². The topological polar surface area (TPSA) is 69.5 Å². The van der Waals surface area contributed by atoms with Gasteiger partial charge in [-0.05, 0) is 42.8 Å². The summed E-state index contributed by atoms with van der Waals surface area (Å²) in [5.41, 5.74) is 2.53. The molecule has 7 nitrogen and oxygen atoms in total. The Hall–Kier alpha value is -3.35. The molecule has 1 aromatic heterocycles. The molecule has 0 aliphatic carbocycles. The van der Waals surface area contributed by atoms with Crippen LogP contribution >= 0.6 is 0 Å². The minimum absolute atomic E-state index is 0.0696. The third kappa shape index (κ3) is 3.36. The van der Waals surface area contributed by atoms with Gasteiger partial charge in [0, 0.05) is 12.6 Å². The van der Waals surface area contributed by atoms with Crippen molar-refractivity contribution < 1.29 is 14.3 Å². The molecular formula is C20H20N4O3. The Morgan fingerprint density at radius 1 is 1.11 bits per heavy atom. The molecule has 3 aromatic rings. The molecule has 0 saturated carbocycles. The maximum atomic E-state index is 12.9. The number of amides is 1. The van der Waals surface area contributed by atoms with Gasteiger partial charge < -0.3 is 14.4 Å². The highest BCUT2D eigenvalue weighted by molar-refractivity contribution is 5.95. The van der Waals surface area contributed by atoms with Gasteiger partial charge in [0.25, 0.3) is 5.91 Å². The average Bonchev–Trinajstić information content (AvgIpc) is 3.27. The first-order chi connectivity index (χ1) is 13.1. The van der Waals surface area contributed by atoms with Gasteiger partial charge in [-0.15, -0.1) is 0 Å². The van der Waals surface area contributed by atoms with E-state index in [1.54, 1.807) is 41.2 Å². The Labute approximate surface area is 157 Å². The van der Waals surface area contributed by atoms with Crippen molar-refractivity contribution >= 4 is 5.91 Å². The summed E-state index contributed by atoms with van der Waals surface area (Å²) >= 11 is 0. The van der Waals surface area contributed by atoms with Crippen molar-refractivity contribution in [2.24, 2.45) is 0 Å². The molecule has 4 rings (SSSR count). The molecule has 27 heavy (non-hydrogen) atoms. The van der Waals surface area contributed by atoms with Crippen molar-refractivity contribution in [1.82, 2.24) is 19.7 Å². The molecule has 1 aliphatic rings. The number of ether oxygens (including phenoxy) is 2. The highest BCUT2D eigenvalue weighted by atomic mass is 16.6. The summed E-state index contributed by atoms with van der Waals surface area (Å²) in [5.74, 6) is 1.22. The number of rotatable bonds is 4. The molecule has 2 aromatic carbocycles. The number of aromatic nitrogens is 3. The summed E-state index contributed by atoms with van der Waals surface area (Å²) in [5, 5.41) is 4.12. The third-order valence-corrected chi connectivity index (χ3v) is 4.75. The van der Waals surface area contributed by atoms with Crippen LogP contribution in [0.4, 0.5) is 0 Å². The van der Waals surface area contributed by atoms with Crippen LogP contribution in [0.1, 0.15) is 28.9 Å². The molecule has 1 amide bonds. The van der Waals surface area contributed by atoms with E-state index in [4.69, 9.17) is 9.47 Å². The molecule has 0 spiro atoms. The van der Waals surface area contributed by atoms with Gasteiger partial charge in [-0.1, -0.05) is 12.1 Å². The molecule has 0 N–H and O–H groups in total. The minimum Gasteiger partial charge on any atom is -0.486 e. The van der Waals surface area contributed by atoms with Crippen molar-refractivity contribution in [3.8, 4) is 17.2 Å². The summed E-state index contributed by atoms with van der Waals surface area (Å²) in [6.07, 6.45) is 3.15. The monoisotopic (exact) mass is 364 g/mol. The fourth-order valence-corrected chi connectivity index (χ4v) is 3.03. The molecule has 0 bridgehead atoms. The van der Waals surface area contributed by atoms with E-state index in [2.05, 4.69) is 10.1 Å². The van der Waals surface area contributed by atoms with Crippen LogP contribution in [0.25, 0.3) is 5.69 Å². The molecule has 1 aliphatic heterocycles. The van der Waals surface area contributed by atoms with Crippen molar-refractivity contribution in [2.45, 2.75) is 13.0 Å². The van der Waals surface area contributed by atoms with Gasteiger partial charge in [0.05, 0.1) is 11.7 Å². The van der Waals surface area contributed by atoms with Crippen LogP contribution in [0.2, 0.25) is 0 Å². The summed E-state index contributed by atoms with van der Waals surface area (Å²) < 4.78 is 12.8. The lowest BCUT2D eigenvalue weighted by Gasteiger charge is -2.26. The first-order valence-corrected chi connectivity index (χ1v) is 8.75. The lowest BCUT2D eigenvalue weighted by molar-refractivity contribution is 0.0741. The van der Waals surface area contributed by atoms with Gasteiger partial charge in [-0.25, -0.2) is 9.67 Å². The van der Waals surface area contributed by atoms with Crippen LogP contribution in [-0.4, -0.2) is 45.8 Å². The summed E-state index contributed by atoms with van der Waals surface area (Å²) in [7, 11) is 1.80. The standard InChI is InChI=1S/C20H20N4O3/c1-14(15-3-6-17(7-4-15)24-13-21-12-22-24)23(2)20(25)16-5-8-18-19(11-16)27-10-9-26-18/h3-8,11-14H,9-10H2,1-2H3/t14-/m1/s1. The fourth-order valence-electron chi connectivity index (χ4n) is 3.03. The van der Waals surface area contributed by atoms with E-state index in [0.29, 0.717) is 30.3 Å². The average molecular weight is 364 g/mol. The normalized spacial score (nSPS) is 13.9. The van der Waals surface area contributed by atoms with Crippen molar-refractivity contribution in [1.29, 1.82) is 0 Å². The molecule has 2 heterocycles. The third-order valence-electron chi connectivity index (χ3n) is 4.75. The molecule has 0 saturated heterocycles. The zero-order valence-corrected chi connectivity index (χ0v) is 15.2. The van der Waals surface area contributed by atoms with Crippen molar-refractivity contribution in [3.05, 3.63) is 66.2 Å². The van der Waals surface area contributed by atoms with E-state index in [-0.39, 0.29) is 11.9 Å². The van der Waals surface area contributed by atoms with E-state index in [1.807, 2.05) is 31.2 Å². The quantitative estimate of drug-likeness (QED) is 0.712. The Morgan fingerprint density at radius 2 is 1.85 bits per heavy atom. The van der Waals surface area contributed by atoms with E-state index >= 15 is 0 Å². The zero-order chi connectivity index (χ0) is 18.8. The van der Waals surface area contributed by atoms with Crippen LogP contribution in [0, 0.1) is 0 Å². The number of hydrogen-bond donors (Lipinski definition) is 0. The van der Waals surface area contributed by atoms with Crippen LogP contribution < -0.4 is 9.47 Å². The summed E-state index contributed by atoms with van der Waals surface area (Å²) in [6, 6.07) is 13.1. The van der Waals surface area contributed by atoms with Gasteiger partial charge >= 0.3 is 0 Å². The first kappa shape index (κ1) is 17.1. The second-order valence-corrected chi connectivity index (χ2v) is 6.38. The smallest absolute Gasteiger partial charge is 0.254 e. The van der Waals surface area contributed by atoms with Crippen LogP contribution in [0.3, 0.4) is 0 Å². The Kier molecular flexibility index (Phi) is 4.50. The lowest BCUT2D eigenvalue weighted by atomic mass is 10.1. The van der Waals surface area contributed by atoms with Crippen LogP contribution in [0.15, 0.2) is 55.1 Å². The van der Waals surface area contributed by atoms with E-state index < -0.39 is 0 Å².